The van der Waals surface area contributed by atoms with Gasteiger partial charge in [-0.15, -0.1) is 0 Å². The fourth-order valence-corrected chi connectivity index (χ4v) is 2.67. The van der Waals surface area contributed by atoms with Crippen LogP contribution in [0.25, 0.3) is 10.9 Å². The highest BCUT2D eigenvalue weighted by Gasteiger charge is 2.24. The molecule has 3 aromatic rings. The summed E-state index contributed by atoms with van der Waals surface area (Å²) in [5, 5.41) is 31.9. The third-order valence-corrected chi connectivity index (χ3v) is 3.96. The van der Waals surface area contributed by atoms with E-state index in [9.17, 15) is 24.9 Å². The maximum Gasteiger partial charge on any atom is 0.326 e. The molecule has 0 fully saturated rings. The van der Waals surface area contributed by atoms with Gasteiger partial charge in [-0.3, -0.25) is 4.79 Å². The third-order valence-electron chi connectivity index (χ3n) is 3.96. The van der Waals surface area contributed by atoms with Crippen LogP contribution in [0.15, 0.2) is 48.7 Å². The summed E-state index contributed by atoms with van der Waals surface area (Å²) >= 11 is 0. The number of aromatic amines is 1. The minimum Gasteiger partial charge on any atom is -0.504 e. The van der Waals surface area contributed by atoms with Crippen molar-refractivity contribution in [3.05, 3.63) is 59.8 Å². The Morgan fingerprint density at radius 2 is 1.84 bits per heavy atom. The van der Waals surface area contributed by atoms with Crippen LogP contribution in [0.5, 0.6) is 11.5 Å². The van der Waals surface area contributed by atoms with E-state index in [1.165, 1.54) is 18.2 Å². The van der Waals surface area contributed by atoms with Gasteiger partial charge in [0.15, 0.2) is 11.5 Å². The molecule has 0 spiro atoms. The second kappa shape index (κ2) is 6.56. The molecular formula is C18H16N2O5. The number of amides is 1. The molecule has 0 saturated carbocycles. The summed E-state index contributed by atoms with van der Waals surface area (Å²) < 4.78 is 0. The second-order valence-corrected chi connectivity index (χ2v) is 5.60. The standard InChI is InChI=1S/C18H16N2O5/c21-15-7-3-5-12(16(15)22)17(23)20-14(18(24)25)8-10-9-19-13-6-2-1-4-11(10)13/h1-7,9,14,19,21-22H,8H2,(H,20,23)(H,24,25)/t14-/m0/s1. The number of nitrogens with one attached hydrogen (secondary N) is 2. The van der Waals surface area contributed by atoms with Gasteiger partial charge in [-0.05, 0) is 23.8 Å². The van der Waals surface area contributed by atoms with Gasteiger partial charge in [0.25, 0.3) is 5.91 Å². The summed E-state index contributed by atoms with van der Waals surface area (Å²) in [6, 6.07) is 10.2. The number of phenols is 2. The Kier molecular flexibility index (Phi) is 4.30. The molecule has 2 aromatic carbocycles. The number of aliphatic carboxylic acids is 1. The lowest BCUT2D eigenvalue weighted by Gasteiger charge is -2.15. The van der Waals surface area contributed by atoms with Gasteiger partial charge in [0.2, 0.25) is 0 Å². The van der Waals surface area contributed by atoms with Crippen LogP contribution in [-0.2, 0) is 11.2 Å². The summed E-state index contributed by atoms with van der Waals surface area (Å²) in [5.41, 5.74) is 1.44. The number of hydrogen-bond acceptors (Lipinski definition) is 4. The van der Waals surface area contributed by atoms with Crippen LogP contribution in [0, 0.1) is 0 Å². The fourth-order valence-electron chi connectivity index (χ4n) is 2.67. The molecule has 0 radical (unpaired) electrons. The van der Waals surface area contributed by atoms with Crippen molar-refractivity contribution < 1.29 is 24.9 Å². The Morgan fingerprint density at radius 1 is 1.08 bits per heavy atom. The van der Waals surface area contributed by atoms with Crippen molar-refractivity contribution in [2.24, 2.45) is 0 Å². The Labute approximate surface area is 142 Å². The van der Waals surface area contributed by atoms with E-state index in [4.69, 9.17) is 0 Å². The normalized spacial score (nSPS) is 12.0. The van der Waals surface area contributed by atoms with Gasteiger partial charge in [0.05, 0.1) is 5.56 Å². The Bertz CT molecular complexity index is 948. The number of carboxylic acids is 1. The van der Waals surface area contributed by atoms with Crippen LogP contribution in [-0.4, -0.2) is 38.2 Å². The molecule has 3 rings (SSSR count). The predicted molar refractivity (Wildman–Crippen MR) is 90.7 cm³/mol. The minimum atomic E-state index is -1.20. The summed E-state index contributed by atoms with van der Waals surface area (Å²) in [5.74, 6) is -3.01. The van der Waals surface area contributed by atoms with Gasteiger partial charge in [0.1, 0.15) is 6.04 Å². The highest BCUT2D eigenvalue weighted by Crippen LogP contribution is 2.28. The number of H-pyrrole nitrogens is 1. The van der Waals surface area contributed by atoms with E-state index in [0.29, 0.717) is 0 Å². The molecule has 7 heteroatoms. The molecule has 1 aromatic heterocycles. The summed E-state index contributed by atoms with van der Waals surface area (Å²) in [6.45, 7) is 0. The second-order valence-electron chi connectivity index (χ2n) is 5.60. The van der Waals surface area contributed by atoms with Gasteiger partial charge in [-0.1, -0.05) is 24.3 Å². The molecule has 5 N–H and O–H groups in total. The van der Waals surface area contributed by atoms with Gasteiger partial charge in [-0.25, -0.2) is 4.79 Å². The smallest absolute Gasteiger partial charge is 0.326 e. The predicted octanol–water partition coefficient (Wildman–Crippen LogP) is 2.00. The zero-order valence-electron chi connectivity index (χ0n) is 13.1. The lowest BCUT2D eigenvalue weighted by Crippen LogP contribution is -2.42. The van der Waals surface area contributed by atoms with E-state index >= 15 is 0 Å². The first-order valence-corrected chi connectivity index (χ1v) is 7.57. The number of aromatic hydroxyl groups is 2. The van der Waals surface area contributed by atoms with Crippen LogP contribution in [0.2, 0.25) is 0 Å². The molecule has 0 unspecified atom stereocenters. The molecule has 0 saturated heterocycles. The van der Waals surface area contributed by atoms with E-state index in [1.807, 2.05) is 24.3 Å². The van der Waals surface area contributed by atoms with Crippen LogP contribution < -0.4 is 5.32 Å². The van der Waals surface area contributed by atoms with E-state index in [-0.39, 0.29) is 12.0 Å². The molecule has 7 nitrogen and oxygen atoms in total. The van der Waals surface area contributed by atoms with Crippen molar-refractivity contribution >= 4 is 22.8 Å². The quantitative estimate of drug-likeness (QED) is 0.455. The lowest BCUT2D eigenvalue weighted by atomic mass is 10.0. The first-order valence-electron chi connectivity index (χ1n) is 7.57. The summed E-state index contributed by atoms with van der Waals surface area (Å²) in [4.78, 5) is 26.9. The number of rotatable bonds is 5. The van der Waals surface area contributed by atoms with Crippen molar-refractivity contribution in [1.82, 2.24) is 10.3 Å². The average molecular weight is 340 g/mol. The number of carbonyl (C=O) groups is 2. The average Bonchev–Trinajstić information content (AvgIpc) is 2.99. The Hall–Kier alpha value is -3.48. The Morgan fingerprint density at radius 3 is 2.60 bits per heavy atom. The first-order chi connectivity index (χ1) is 12.0. The zero-order valence-corrected chi connectivity index (χ0v) is 13.1. The molecule has 128 valence electrons. The zero-order chi connectivity index (χ0) is 18.0. The molecule has 1 heterocycles. The SMILES string of the molecule is O=C(N[C@@H](Cc1c[nH]c2ccccc12)C(=O)O)c1cccc(O)c1O. The summed E-state index contributed by atoms with van der Waals surface area (Å²) in [6.07, 6.45) is 1.78. The van der Waals surface area contributed by atoms with Crippen molar-refractivity contribution in [2.75, 3.05) is 0 Å². The van der Waals surface area contributed by atoms with E-state index in [1.54, 1.807) is 6.20 Å². The number of phenolic OH excluding ortho intramolecular Hbond substituents is 2. The minimum absolute atomic E-state index is 0.0741. The molecule has 0 aliphatic carbocycles. The van der Waals surface area contributed by atoms with Crippen LogP contribution in [0.4, 0.5) is 0 Å². The largest absolute Gasteiger partial charge is 0.504 e. The van der Waals surface area contributed by atoms with E-state index < -0.39 is 29.4 Å². The van der Waals surface area contributed by atoms with Gasteiger partial charge >= 0.3 is 5.97 Å². The van der Waals surface area contributed by atoms with Crippen LogP contribution in [0.1, 0.15) is 15.9 Å². The number of fused-ring (bicyclic) bond motifs is 1. The topological polar surface area (TPSA) is 123 Å². The van der Waals surface area contributed by atoms with Crippen LogP contribution in [0.3, 0.4) is 0 Å². The molecule has 0 aliphatic heterocycles. The maximum atomic E-state index is 12.3. The maximum absolute atomic E-state index is 12.3. The molecule has 25 heavy (non-hydrogen) atoms. The van der Waals surface area contributed by atoms with Crippen molar-refractivity contribution in [3.8, 4) is 11.5 Å². The van der Waals surface area contributed by atoms with Crippen LogP contribution >= 0.6 is 0 Å². The summed E-state index contributed by atoms with van der Waals surface area (Å²) in [7, 11) is 0. The fraction of sp³-hybridized carbons (Fsp3) is 0.111. The number of carbonyl (C=O) groups excluding carboxylic acids is 1. The van der Waals surface area contributed by atoms with Crippen molar-refractivity contribution in [1.29, 1.82) is 0 Å². The number of hydrogen-bond donors (Lipinski definition) is 5. The third kappa shape index (κ3) is 3.25. The molecule has 1 atom stereocenters. The lowest BCUT2D eigenvalue weighted by molar-refractivity contribution is -0.139. The first kappa shape index (κ1) is 16.4. The van der Waals surface area contributed by atoms with Crippen molar-refractivity contribution in [2.45, 2.75) is 12.5 Å². The monoisotopic (exact) mass is 340 g/mol. The number of aromatic nitrogens is 1. The molecule has 0 bridgehead atoms. The highest BCUT2D eigenvalue weighted by molar-refractivity contribution is 5.99. The van der Waals surface area contributed by atoms with Gasteiger partial charge in [-0.2, -0.15) is 0 Å². The van der Waals surface area contributed by atoms with Gasteiger partial charge in [0, 0.05) is 23.5 Å². The Balaban J connectivity index is 1.83. The molecule has 0 aliphatic rings. The molecule has 1 amide bonds. The number of benzene rings is 2. The molecular weight excluding hydrogens is 324 g/mol. The van der Waals surface area contributed by atoms with Gasteiger partial charge < -0.3 is 25.6 Å². The van der Waals surface area contributed by atoms with E-state index in [0.717, 1.165) is 16.5 Å². The number of para-hydroxylation sites is 2. The number of carboxylic acid groups (broad SMARTS) is 1. The van der Waals surface area contributed by atoms with E-state index in [2.05, 4.69) is 10.3 Å². The van der Waals surface area contributed by atoms with Crippen molar-refractivity contribution in [3.63, 3.8) is 0 Å². The highest BCUT2D eigenvalue weighted by atomic mass is 16.4.